The van der Waals surface area contributed by atoms with Crippen LogP contribution in [0.1, 0.15) is 18.4 Å². The number of carboxylic acids is 1. The number of halogens is 1. The van der Waals surface area contributed by atoms with Gasteiger partial charge in [-0.1, -0.05) is 23.7 Å². The van der Waals surface area contributed by atoms with Gasteiger partial charge in [-0.3, -0.25) is 4.79 Å². The number of hydrogen-bond acceptors (Lipinski definition) is 2. The van der Waals surface area contributed by atoms with Gasteiger partial charge in [0.05, 0.1) is 5.92 Å². The molecule has 1 N–H and O–H groups in total. The third-order valence-corrected chi connectivity index (χ3v) is 3.60. The highest BCUT2D eigenvalue weighted by molar-refractivity contribution is 6.30. The molecule has 0 aromatic heterocycles. The molecule has 0 radical (unpaired) electrons. The summed E-state index contributed by atoms with van der Waals surface area (Å²) in [6.45, 7) is 1.45. The molecule has 1 aromatic carbocycles. The first-order valence-electron chi connectivity index (χ1n) is 6.20. The molecule has 0 saturated carbocycles. The molecule has 1 aromatic rings. The zero-order valence-corrected chi connectivity index (χ0v) is 10.9. The quantitative estimate of drug-likeness (QED) is 0.893. The molecule has 98 valence electrons. The van der Waals surface area contributed by atoms with E-state index in [9.17, 15) is 9.90 Å². The number of hydrogen-bond donors (Lipinski definition) is 1. The van der Waals surface area contributed by atoms with Crippen LogP contribution in [-0.4, -0.2) is 24.3 Å². The van der Waals surface area contributed by atoms with Gasteiger partial charge in [0.25, 0.3) is 0 Å². The van der Waals surface area contributed by atoms with Gasteiger partial charge in [0.1, 0.15) is 0 Å². The minimum absolute atomic E-state index is 0.352. The number of aliphatic carboxylic acids is 1. The fourth-order valence-corrected chi connectivity index (χ4v) is 2.60. The van der Waals surface area contributed by atoms with Gasteiger partial charge in [-0.25, -0.2) is 0 Å². The maximum absolute atomic E-state index is 11.3. The first kappa shape index (κ1) is 13.4. The van der Waals surface area contributed by atoms with E-state index in [1.54, 1.807) is 6.07 Å². The SMILES string of the molecule is O=C(O)C(Cc1cccc(Cl)c1)CC1CCOC1. The first-order valence-corrected chi connectivity index (χ1v) is 6.58. The van der Waals surface area contributed by atoms with Gasteiger partial charge in [0.2, 0.25) is 0 Å². The van der Waals surface area contributed by atoms with Crippen molar-refractivity contribution in [3.63, 3.8) is 0 Å². The lowest BCUT2D eigenvalue weighted by atomic mass is 9.89. The molecule has 2 rings (SSSR count). The maximum Gasteiger partial charge on any atom is 0.306 e. The van der Waals surface area contributed by atoms with Crippen LogP contribution < -0.4 is 0 Å². The summed E-state index contributed by atoms with van der Waals surface area (Å²) in [6.07, 6.45) is 2.19. The standard InChI is InChI=1S/C14H17ClO3/c15-13-3-1-2-10(8-13)6-12(14(16)17)7-11-4-5-18-9-11/h1-3,8,11-12H,4-7,9H2,(H,16,17). The van der Waals surface area contributed by atoms with E-state index in [1.165, 1.54) is 0 Å². The summed E-state index contributed by atoms with van der Waals surface area (Å²) in [6, 6.07) is 7.41. The van der Waals surface area contributed by atoms with Gasteiger partial charge in [0.15, 0.2) is 0 Å². The Kier molecular flexibility index (Phi) is 4.61. The fraction of sp³-hybridized carbons (Fsp3) is 0.500. The number of carbonyl (C=O) groups is 1. The molecular formula is C14H17ClO3. The van der Waals surface area contributed by atoms with Gasteiger partial charge in [0, 0.05) is 18.2 Å². The predicted molar refractivity (Wildman–Crippen MR) is 69.8 cm³/mol. The lowest BCUT2D eigenvalue weighted by Gasteiger charge is -2.16. The Morgan fingerprint density at radius 1 is 1.56 bits per heavy atom. The smallest absolute Gasteiger partial charge is 0.306 e. The van der Waals surface area contributed by atoms with Gasteiger partial charge >= 0.3 is 5.97 Å². The number of carboxylic acid groups (broad SMARTS) is 1. The minimum atomic E-state index is -0.734. The van der Waals surface area contributed by atoms with E-state index in [2.05, 4.69) is 0 Å². The summed E-state index contributed by atoms with van der Waals surface area (Å²) in [4.78, 5) is 11.3. The first-order chi connectivity index (χ1) is 8.65. The molecule has 0 spiro atoms. The topological polar surface area (TPSA) is 46.5 Å². The van der Waals surface area contributed by atoms with Crippen LogP contribution in [0.2, 0.25) is 5.02 Å². The van der Waals surface area contributed by atoms with Crippen molar-refractivity contribution in [1.82, 2.24) is 0 Å². The molecule has 1 aliphatic heterocycles. The van der Waals surface area contributed by atoms with E-state index in [0.29, 0.717) is 30.4 Å². The van der Waals surface area contributed by atoms with E-state index >= 15 is 0 Å². The Morgan fingerprint density at radius 3 is 3.00 bits per heavy atom. The minimum Gasteiger partial charge on any atom is -0.481 e. The molecular weight excluding hydrogens is 252 g/mol. The largest absolute Gasteiger partial charge is 0.481 e. The Hall–Kier alpha value is -1.06. The predicted octanol–water partition coefficient (Wildman–Crippen LogP) is 3.01. The molecule has 1 saturated heterocycles. The number of benzene rings is 1. The van der Waals surface area contributed by atoms with Crippen molar-refractivity contribution in [3.05, 3.63) is 34.9 Å². The second kappa shape index (κ2) is 6.21. The van der Waals surface area contributed by atoms with Crippen LogP contribution in [0.3, 0.4) is 0 Å². The van der Waals surface area contributed by atoms with Crippen LogP contribution in [0.25, 0.3) is 0 Å². The van der Waals surface area contributed by atoms with Crippen LogP contribution in [0.15, 0.2) is 24.3 Å². The zero-order chi connectivity index (χ0) is 13.0. The zero-order valence-electron chi connectivity index (χ0n) is 10.1. The highest BCUT2D eigenvalue weighted by Gasteiger charge is 2.25. The van der Waals surface area contributed by atoms with E-state index in [-0.39, 0.29) is 5.92 Å². The van der Waals surface area contributed by atoms with E-state index in [4.69, 9.17) is 16.3 Å². The van der Waals surface area contributed by atoms with E-state index < -0.39 is 5.97 Å². The molecule has 4 heteroatoms. The van der Waals surface area contributed by atoms with Crippen LogP contribution in [-0.2, 0) is 16.0 Å². The second-order valence-electron chi connectivity index (χ2n) is 4.83. The lowest BCUT2D eigenvalue weighted by Crippen LogP contribution is -2.20. The molecule has 1 aliphatic rings. The Balaban J connectivity index is 1.99. The molecule has 0 amide bonds. The monoisotopic (exact) mass is 268 g/mol. The molecule has 2 unspecified atom stereocenters. The molecule has 0 aliphatic carbocycles. The highest BCUT2D eigenvalue weighted by Crippen LogP contribution is 2.25. The van der Waals surface area contributed by atoms with E-state index in [0.717, 1.165) is 18.6 Å². The average molecular weight is 269 g/mol. The summed E-state index contributed by atoms with van der Waals surface area (Å²) < 4.78 is 5.29. The van der Waals surface area contributed by atoms with Crippen LogP contribution >= 0.6 is 11.6 Å². The lowest BCUT2D eigenvalue weighted by molar-refractivity contribution is -0.142. The van der Waals surface area contributed by atoms with Gasteiger partial charge in [-0.15, -0.1) is 0 Å². The van der Waals surface area contributed by atoms with E-state index in [1.807, 2.05) is 18.2 Å². The van der Waals surface area contributed by atoms with Crippen molar-refractivity contribution < 1.29 is 14.6 Å². The van der Waals surface area contributed by atoms with Crippen molar-refractivity contribution in [2.24, 2.45) is 11.8 Å². The van der Waals surface area contributed by atoms with Crippen LogP contribution in [0.4, 0.5) is 0 Å². The van der Waals surface area contributed by atoms with Crippen molar-refractivity contribution in [3.8, 4) is 0 Å². The third kappa shape index (κ3) is 3.72. The Bertz CT molecular complexity index is 413. The summed E-state index contributed by atoms with van der Waals surface area (Å²) >= 11 is 5.91. The molecule has 1 heterocycles. The van der Waals surface area contributed by atoms with Crippen molar-refractivity contribution in [1.29, 1.82) is 0 Å². The normalized spacial score (nSPS) is 20.8. The van der Waals surface area contributed by atoms with Gasteiger partial charge in [-0.05, 0) is 42.9 Å². The summed E-state index contributed by atoms with van der Waals surface area (Å²) in [5.41, 5.74) is 0.980. The van der Waals surface area contributed by atoms with Crippen LogP contribution in [0.5, 0.6) is 0 Å². The second-order valence-corrected chi connectivity index (χ2v) is 5.27. The summed E-state index contributed by atoms with van der Waals surface area (Å²) in [5, 5.41) is 9.94. The Morgan fingerprint density at radius 2 is 2.39 bits per heavy atom. The van der Waals surface area contributed by atoms with Crippen LogP contribution in [0, 0.1) is 11.8 Å². The van der Waals surface area contributed by atoms with Gasteiger partial charge < -0.3 is 9.84 Å². The molecule has 0 bridgehead atoms. The Labute approximate surface area is 112 Å². The fourth-order valence-electron chi connectivity index (χ4n) is 2.39. The van der Waals surface area contributed by atoms with Gasteiger partial charge in [-0.2, -0.15) is 0 Å². The summed E-state index contributed by atoms with van der Waals surface area (Å²) in [7, 11) is 0. The van der Waals surface area contributed by atoms with Crippen molar-refractivity contribution >= 4 is 17.6 Å². The number of rotatable bonds is 5. The maximum atomic E-state index is 11.3. The third-order valence-electron chi connectivity index (χ3n) is 3.36. The molecule has 18 heavy (non-hydrogen) atoms. The molecule has 2 atom stereocenters. The summed E-state index contributed by atoms with van der Waals surface area (Å²) in [5.74, 6) is -0.706. The van der Waals surface area contributed by atoms with Crippen molar-refractivity contribution in [2.45, 2.75) is 19.3 Å². The van der Waals surface area contributed by atoms with Crippen molar-refractivity contribution in [2.75, 3.05) is 13.2 Å². The molecule has 1 fully saturated rings. The average Bonchev–Trinajstić information content (AvgIpc) is 2.81. The number of ether oxygens (including phenoxy) is 1. The molecule has 3 nitrogen and oxygen atoms in total. The highest BCUT2D eigenvalue weighted by atomic mass is 35.5.